The molecule has 56 valence electrons. The van der Waals surface area contributed by atoms with Gasteiger partial charge in [-0.15, -0.1) is 0 Å². The molecule has 0 rings (SSSR count). The summed E-state index contributed by atoms with van der Waals surface area (Å²) in [6.45, 7) is 4.09. The third kappa shape index (κ3) is 5.15. The van der Waals surface area contributed by atoms with E-state index < -0.39 is 0 Å². The Morgan fingerprint density at radius 1 is 1.70 bits per heavy atom. The standard InChI is InChI=1S/C6H11N3O/c1-6(5-10)3-2-4-8-9-7/h10H,1-5H2. The largest absolute Gasteiger partial charge is 0.392 e. The Morgan fingerprint density at radius 2 is 2.40 bits per heavy atom. The first kappa shape index (κ1) is 9.01. The van der Waals surface area contributed by atoms with Crippen LogP contribution in [-0.2, 0) is 0 Å². The van der Waals surface area contributed by atoms with Crippen LogP contribution in [0, 0.1) is 0 Å². The minimum atomic E-state index is 0.0241. The van der Waals surface area contributed by atoms with E-state index in [-0.39, 0.29) is 6.61 Å². The summed E-state index contributed by atoms with van der Waals surface area (Å²) in [5, 5.41) is 11.8. The van der Waals surface area contributed by atoms with Crippen molar-refractivity contribution >= 4 is 0 Å². The SMILES string of the molecule is C=C(CO)CCCN=[N+]=[N-]. The molecule has 0 amide bonds. The Bertz CT molecular complexity index is 149. The van der Waals surface area contributed by atoms with Gasteiger partial charge in [0, 0.05) is 11.5 Å². The molecule has 0 aliphatic carbocycles. The van der Waals surface area contributed by atoms with Crippen LogP contribution in [0.25, 0.3) is 10.4 Å². The fraction of sp³-hybridized carbons (Fsp3) is 0.667. The highest BCUT2D eigenvalue weighted by molar-refractivity contribution is 4.92. The van der Waals surface area contributed by atoms with Gasteiger partial charge >= 0.3 is 0 Å². The summed E-state index contributed by atoms with van der Waals surface area (Å²) in [6.07, 6.45) is 1.50. The Hall–Kier alpha value is -0.990. The van der Waals surface area contributed by atoms with Crippen LogP contribution in [0.3, 0.4) is 0 Å². The molecule has 1 N–H and O–H groups in total. The lowest BCUT2D eigenvalue weighted by Gasteiger charge is -1.96. The van der Waals surface area contributed by atoms with Crippen LogP contribution >= 0.6 is 0 Å². The van der Waals surface area contributed by atoms with Crippen molar-refractivity contribution in [3.63, 3.8) is 0 Å². The molecule has 10 heavy (non-hydrogen) atoms. The molecule has 0 spiro atoms. The monoisotopic (exact) mass is 141 g/mol. The maximum atomic E-state index is 8.49. The average Bonchev–Trinajstić information content (AvgIpc) is 1.98. The van der Waals surface area contributed by atoms with E-state index in [9.17, 15) is 0 Å². The second-order valence-corrected chi connectivity index (χ2v) is 1.97. The van der Waals surface area contributed by atoms with Crippen molar-refractivity contribution in [3.05, 3.63) is 22.6 Å². The summed E-state index contributed by atoms with van der Waals surface area (Å²) < 4.78 is 0. The van der Waals surface area contributed by atoms with Crippen molar-refractivity contribution in [1.29, 1.82) is 0 Å². The van der Waals surface area contributed by atoms with Gasteiger partial charge in [-0.3, -0.25) is 0 Å². The van der Waals surface area contributed by atoms with Crippen molar-refractivity contribution in [2.45, 2.75) is 12.8 Å². The summed E-state index contributed by atoms with van der Waals surface area (Å²) in [6, 6.07) is 0. The lowest BCUT2D eigenvalue weighted by Crippen LogP contribution is -1.89. The van der Waals surface area contributed by atoms with Gasteiger partial charge < -0.3 is 5.11 Å². The van der Waals surface area contributed by atoms with E-state index in [0.717, 1.165) is 18.4 Å². The van der Waals surface area contributed by atoms with Gasteiger partial charge in [0.15, 0.2) is 0 Å². The first-order chi connectivity index (χ1) is 4.81. The van der Waals surface area contributed by atoms with Gasteiger partial charge in [0.25, 0.3) is 0 Å². The molecular weight excluding hydrogens is 130 g/mol. The number of hydrogen-bond donors (Lipinski definition) is 1. The van der Waals surface area contributed by atoms with Gasteiger partial charge in [0.2, 0.25) is 0 Å². The lowest BCUT2D eigenvalue weighted by molar-refractivity contribution is 0.326. The molecule has 0 radical (unpaired) electrons. The zero-order valence-corrected chi connectivity index (χ0v) is 5.82. The lowest BCUT2D eigenvalue weighted by atomic mass is 10.2. The predicted octanol–water partition coefficient (Wildman–Crippen LogP) is 1.63. The quantitative estimate of drug-likeness (QED) is 0.204. The summed E-state index contributed by atoms with van der Waals surface area (Å²) in [7, 11) is 0. The minimum Gasteiger partial charge on any atom is -0.392 e. The van der Waals surface area contributed by atoms with E-state index in [4.69, 9.17) is 10.6 Å². The van der Waals surface area contributed by atoms with Crippen LogP contribution in [-0.4, -0.2) is 18.3 Å². The van der Waals surface area contributed by atoms with Crippen LogP contribution in [0.1, 0.15) is 12.8 Å². The van der Waals surface area contributed by atoms with Crippen molar-refractivity contribution in [3.8, 4) is 0 Å². The summed E-state index contributed by atoms with van der Waals surface area (Å²) in [5.41, 5.74) is 8.66. The zero-order valence-electron chi connectivity index (χ0n) is 5.82. The Labute approximate surface area is 59.8 Å². The van der Waals surface area contributed by atoms with Crippen LogP contribution in [0.2, 0.25) is 0 Å². The van der Waals surface area contributed by atoms with E-state index in [1.807, 2.05) is 0 Å². The number of aliphatic hydroxyl groups excluding tert-OH is 1. The van der Waals surface area contributed by atoms with Crippen molar-refractivity contribution in [2.24, 2.45) is 5.11 Å². The Balaban J connectivity index is 3.19. The molecule has 0 bridgehead atoms. The van der Waals surface area contributed by atoms with Gasteiger partial charge in [-0.2, -0.15) is 0 Å². The summed E-state index contributed by atoms with van der Waals surface area (Å²) in [4.78, 5) is 2.59. The van der Waals surface area contributed by atoms with Crippen molar-refractivity contribution in [1.82, 2.24) is 0 Å². The van der Waals surface area contributed by atoms with Crippen LogP contribution < -0.4 is 0 Å². The highest BCUT2D eigenvalue weighted by Crippen LogP contribution is 2.00. The van der Waals surface area contributed by atoms with Crippen LogP contribution in [0.15, 0.2) is 17.3 Å². The predicted molar refractivity (Wildman–Crippen MR) is 39.5 cm³/mol. The van der Waals surface area contributed by atoms with Gasteiger partial charge in [-0.25, -0.2) is 0 Å². The molecule has 0 atom stereocenters. The number of azide groups is 1. The normalized spacial score (nSPS) is 8.50. The van der Waals surface area contributed by atoms with E-state index in [0.29, 0.717) is 6.54 Å². The molecule has 0 aromatic heterocycles. The summed E-state index contributed by atoms with van der Waals surface area (Å²) in [5.74, 6) is 0. The first-order valence-electron chi connectivity index (χ1n) is 3.09. The molecule has 0 aliphatic heterocycles. The fourth-order valence-corrected chi connectivity index (χ4v) is 0.524. The second-order valence-electron chi connectivity index (χ2n) is 1.97. The highest BCUT2D eigenvalue weighted by atomic mass is 16.3. The first-order valence-corrected chi connectivity index (χ1v) is 3.09. The fourth-order valence-electron chi connectivity index (χ4n) is 0.524. The molecule has 0 saturated carbocycles. The van der Waals surface area contributed by atoms with Crippen molar-refractivity contribution in [2.75, 3.05) is 13.2 Å². The van der Waals surface area contributed by atoms with Crippen molar-refractivity contribution < 1.29 is 5.11 Å². The number of aliphatic hydroxyl groups is 1. The van der Waals surface area contributed by atoms with E-state index >= 15 is 0 Å². The third-order valence-electron chi connectivity index (χ3n) is 1.08. The number of nitrogens with zero attached hydrogens (tertiary/aromatic N) is 3. The molecule has 0 saturated heterocycles. The van der Waals surface area contributed by atoms with Gasteiger partial charge in [0.05, 0.1) is 6.61 Å². The van der Waals surface area contributed by atoms with E-state index in [1.165, 1.54) is 0 Å². The summed E-state index contributed by atoms with van der Waals surface area (Å²) >= 11 is 0. The molecule has 4 nitrogen and oxygen atoms in total. The molecule has 0 aliphatic rings. The van der Waals surface area contributed by atoms with E-state index in [2.05, 4.69) is 16.6 Å². The molecule has 0 aromatic carbocycles. The molecule has 0 unspecified atom stereocenters. The molecule has 0 aromatic rings. The molecule has 0 fully saturated rings. The average molecular weight is 141 g/mol. The number of hydrogen-bond acceptors (Lipinski definition) is 2. The molecule has 4 heteroatoms. The van der Waals surface area contributed by atoms with Gasteiger partial charge in [-0.1, -0.05) is 17.3 Å². The van der Waals surface area contributed by atoms with Crippen LogP contribution in [0.5, 0.6) is 0 Å². The molecular formula is C6H11N3O. The second kappa shape index (κ2) is 6.13. The Morgan fingerprint density at radius 3 is 2.90 bits per heavy atom. The minimum absolute atomic E-state index is 0.0241. The van der Waals surface area contributed by atoms with Gasteiger partial charge in [-0.05, 0) is 18.4 Å². The smallest absolute Gasteiger partial charge is 0.0639 e. The third-order valence-corrected chi connectivity index (χ3v) is 1.08. The molecule has 0 heterocycles. The highest BCUT2D eigenvalue weighted by Gasteiger charge is 1.89. The van der Waals surface area contributed by atoms with E-state index in [1.54, 1.807) is 0 Å². The Kier molecular flexibility index (Phi) is 5.53. The maximum absolute atomic E-state index is 8.49. The number of rotatable bonds is 5. The van der Waals surface area contributed by atoms with Crippen LogP contribution in [0.4, 0.5) is 0 Å². The topological polar surface area (TPSA) is 69.0 Å². The zero-order chi connectivity index (χ0) is 7.82. The maximum Gasteiger partial charge on any atom is 0.0639 e. The van der Waals surface area contributed by atoms with Gasteiger partial charge in [0.1, 0.15) is 0 Å².